The Morgan fingerprint density at radius 1 is 1.00 bits per heavy atom. The highest BCUT2D eigenvalue weighted by Gasteiger charge is 2.35. The second kappa shape index (κ2) is 4.63. The highest BCUT2D eigenvalue weighted by atomic mass is 16.3. The van der Waals surface area contributed by atoms with E-state index in [1.807, 2.05) is 4.90 Å². The molecule has 2 aliphatic rings. The Morgan fingerprint density at radius 3 is 2.16 bits per heavy atom. The number of ketones is 2. The SMILES string of the molecule is O=C1C(CO)=C(N2CCCC2)C(=O)c2ccccc21. The van der Waals surface area contributed by atoms with Gasteiger partial charge in [-0.1, -0.05) is 24.3 Å². The number of carbonyl (C=O) groups is 2. The van der Waals surface area contributed by atoms with Crippen molar-refractivity contribution in [3.8, 4) is 0 Å². The highest BCUT2D eigenvalue weighted by Crippen LogP contribution is 2.30. The van der Waals surface area contributed by atoms with Gasteiger partial charge in [0.15, 0.2) is 5.78 Å². The fraction of sp³-hybridized carbons (Fsp3) is 0.333. The molecule has 3 rings (SSSR count). The summed E-state index contributed by atoms with van der Waals surface area (Å²) in [6.07, 6.45) is 2.04. The van der Waals surface area contributed by atoms with Gasteiger partial charge in [0.25, 0.3) is 0 Å². The fourth-order valence-electron chi connectivity index (χ4n) is 2.84. The number of allylic oxidation sites excluding steroid dienone is 1. The van der Waals surface area contributed by atoms with E-state index in [2.05, 4.69) is 0 Å². The molecule has 0 atom stereocenters. The second-order valence-electron chi connectivity index (χ2n) is 4.88. The zero-order chi connectivity index (χ0) is 13.4. The Labute approximate surface area is 111 Å². The number of Topliss-reactive ketones (excluding diaryl/α,β-unsaturated/α-hetero) is 2. The minimum absolute atomic E-state index is 0.138. The molecule has 4 heteroatoms. The van der Waals surface area contributed by atoms with Crippen molar-refractivity contribution < 1.29 is 14.7 Å². The molecule has 4 nitrogen and oxygen atoms in total. The summed E-state index contributed by atoms with van der Waals surface area (Å²) in [7, 11) is 0. The number of benzene rings is 1. The highest BCUT2D eigenvalue weighted by molar-refractivity contribution is 6.26. The van der Waals surface area contributed by atoms with Crippen molar-refractivity contribution in [1.29, 1.82) is 0 Å². The van der Waals surface area contributed by atoms with Gasteiger partial charge >= 0.3 is 0 Å². The van der Waals surface area contributed by atoms with Gasteiger partial charge in [-0.15, -0.1) is 0 Å². The monoisotopic (exact) mass is 257 g/mol. The van der Waals surface area contributed by atoms with Gasteiger partial charge in [0.05, 0.1) is 17.9 Å². The summed E-state index contributed by atoms with van der Waals surface area (Å²) < 4.78 is 0. The Hall–Kier alpha value is -1.94. The molecular formula is C15H15NO3. The van der Waals surface area contributed by atoms with Crippen LogP contribution in [0.3, 0.4) is 0 Å². The van der Waals surface area contributed by atoms with Crippen LogP contribution in [0.1, 0.15) is 33.6 Å². The van der Waals surface area contributed by atoms with Crippen molar-refractivity contribution in [3.63, 3.8) is 0 Å². The largest absolute Gasteiger partial charge is 0.391 e. The maximum absolute atomic E-state index is 12.6. The number of fused-ring (bicyclic) bond motifs is 1. The van der Waals surface area contributed by atoms with Crippen molar-refractivity contribution in [2.75, 3.05) is 19.7 Å². The van der Waals surface area contributed by atoms with Crippen LogP contribution in [0.4, 0.5) is 0 Å². The molecule has 1 saturated heterocycles. The molecular weight excluding hydrogens is 242 g/mol. The number of hydrogen-bond acceptors (Lipinski definition) is 4. The minimum atomic E-state index is -0.384. The summed E-state index contributed by atoms with van der Waals surface area (Å²) in [6, 6.07) is 6.82. The number of hydrogen-bond donors (Lipinski definition) is 1. The third-order valence-corrected chi connectivity index (χ3v) is 3.77. The number of likely N-dealkylation sites (tertiary alicyclic amines) is 1. The van der Waals surface area contributed by atoms with E-state index < -0.39 is 0 Å². The van der Waals surface area contributed by atoms with Crippen molar-refractivity contribution in [2.45, 2.75) is 12.8 Å². The molecule has 0 radical (unpaired) electrons. The van der Waals surface area contributed by atoms with Gasteiger partial charge in [-0.2, -0.15) is 0 Å². The summed E-state index contributed by atoms with van der Waals surface area (Å²) in [4.78, 5) is 26.9. The standard InChI is InChI=1S/C15H15NO3/c17-9-12-13(16-7-3-4-8-16)15(19)11-6-2-1-5-10(11)14(12)18/h1-2,5-6,17H,3-4,7-9H2. The Kier molecular flexibility index (Phi) is 2.95. The summed E-state index contributed by atoms with van der Waals surface area (Å²) >= 11 is 0. The number of aliphatic hydroxyl groups excluding tert-OH is 1. The first kappa shape index (κ1) is 12.1. The molecule has 0 saturated carbocycles. The average molecular weight is 257 g/mol. The minimum Gasteiger partial charge on any atom is -0.391 e. The molecule has 1 aromatic carbocycles. The average Bonchev–Trinajstić information content (AvgIpc) is 2.96. The maximum Gasteiger partial charge on any atom is 0.210 e. The van der Waals surface area contributed by atoms with Gasteiger partial charge in [0, 0.05) is 24.2 Å². The molecule has 0 amide bonds. The first-order valence-corrected chi connectivity index (χ1v) is 6.51. The predicted octanol–water partition coefficient (Wildman–Crippen LogP) is 1.41. The molecule has 98 valence electrons. The zero-order valence-corrected chi connectivity index (χ0v) is 10.6. The van der Waals surface area contributed by atoms with Crippen molar-refractivity contribution in [1.82, 2.24) is 4.90 Å². The van der Waals surface area contributed by atoms with Crippen LogP contribution in [0, 0.1) is 0 Å². The predicted molar refractivity (Wildman–Crippen MR) is 70.0 cm³/mol. The number of carbonyl (C=O) groups excluding carboxylic acids is 2. The quantitative estimate of drug-likeness (QED) is 0.870. The lowest BCUT2D eigenvalue weighted by Gasteiger charge is -2.27. The topological polar surface area (TPSA) is 57.6 Å². The Balaban J connectivity index is 2.15. The van der Waals surface area contributed by atoms with Crippen molar-refractivity contribution in [2.24, 2.45) is 0 Å². The first-order chi connectivity index (χ1) is 9.24. The van der Waals surface area contributed by atoms with Gasteiger partial charge in [-0.25, -0.2) is 0 Å². The van der Waals surface area contributed by atoms with Crippen LogP contribution in [0.15, 0.2) is 35.5 Å². The van der Waals surface area contributed by atoms with E-state index in [0.29, 0.717) is 16.8 Å². The zero-order valence-electron chi connectivity index (χ0n) is 10.6. The molecule has 19 heavy (non-hydrogen) atoms. The molecule has 0 bridgehead atoms. The van der Waals surface area contributed by atoms with E-state index >= 15 is 0 Å². The van der Waals surface area contributed by atoms with E-state index in [4.69, 9.17) is 0 Å². The van der Waals surface area contributed by atoms with E-state index in [1.165, 1.54) is 0 Å². The molecule has 1 aromatic rings. The second-order valence-corrected chi connectivity index (χ2v) is 4.88. The molecule has 1 heterocycles. The lowest BCUT2D eigenvalue weighted by atomic mass is 9.87. The lowest BCUT2D eigenvalue weighted by Crippen LogP contribution is -2.33. The van der Waals surface area contributed by atoms with E-state index in [9.17, 15) is 14.7 Å². The summed E-state index contributed by atoms with van der Waals surface area (Å²) in [5, 5.41) is 9.48. The Bertz CT molecular complexity index is 583. The number of nitrogens with zero attached hydrogens (tertiary/aromatic N) is 1. The van der Waals surface area contributed by atoms with Crippen LogP contribution in [0.2, 0.25) is 0 Å². The molecule has 0 aromatic heterocycles. The molecule has 1 N–H and O–H groups in total. The van der Waals surface area contributed by atoms with Gasteiger partial charge in [-0.05, 0) is 12.8 Å². The third kappa shape index (κ3) is 1.79. The van der Waals surface area contributed by atoms with Crippen LogP contribution in [-0.4, -0.2) is 41.3 Å². The van der Waals surface area contributed by atoms with Gasteiger partial charge in [-0.3, -0.25) is 9.59 Å². The van der Waals surface area contributed by atoms with Gasteiger partial charge < -0.3 is 10.0 Å². The van der Waals surface area contributed by atoms with Crippen LogP contribution in [0.5, 0.6) is 0 Å². The summed E-state index contributed by atoms with van der Waals surface area (Å²) in [6.45, 7) is 1.17. The van der Waals surface area contributed by atoms with E-state index in [-0.39, 0.29) is 23.7 Å². The fourth-order valence-corrected chi connectivity index (χ4v) is 2.84. The van der Waals surface area contributed by atoms with Gasteiger partial charge in [0.1, 0.15) is 0 Å². The number of aliphatic hydroxyl groups is 1. The van der Waals surface area contributed by atoms with Crippen molar-refractivity contribution in [3.05, 3.63) is 46.7 Å². The van der Waals surface area contributed by atoms with Crippen LogP contribution >= 0.6 is 0 Å². The first-order valence-electron chi connectivity index (χ1n) is 6.51. The molecule has 1 aliphatic carbocycles. The van der Waals surface area contributed by atoms with Crippen LogP contribution in [0.25, 0.3) is 0 Å². The number of rotatable bonds is 2. The third-order valence-electron chi connectivity index (χ3n) is 3.77. The Morgan fingerprint density at radius 2 is 1.58 bits per heavy atom. The smallest absolute Gasteiger partial charge is 0.210 e. The molecule has 0 spiro atoms. The maximum atomic E-state index is 12.6. The van der Waals surface area contributed by atoms with E-state index in [1.54, 1.807) is 24.3 Å². The van der Waals surface area contributed by atoms with E-state index in [0.717, 1.165) is 25.9 Å². The molecule has 1 fully saturated rings. The molecule has 0 unspecified atom stereocenters. The van der Waals surface area contributed by atoms with Gasteiger partial charge in [0.2, 0.25) is 5.78 Å². The van der Waals surface area contributed by atoms with Crippen LogP contribution < -0.4 is 0 Å². The van der Waals surface area contributed by atoms with Crippen LogP contribution in [-0.2, 0) is 0 Å². The summed E-state index contributed by atoms with van der Waals surface area (Å²) in [5.74, 6) is -0.360. The van der Waals surface area contributed by atoms with Crippen molar-refractivity contribution >= 4 is 11.6 Å². The summed E-state index contributed by atoms with van der Waals surface area (Å²) in [5.41, 5.74) is 1.50. The lowest BCUT2D eigenvalue weighted by molar-refractivity contribution is 0.0935. The molecule has 1 aliphatic heterocycles. The normalized spacial score (nSPS) is 19.1.